The van der Waals surface area contributed by atoms with Crippen LogP contribution < -0.4 is 10.2 Å². The maximum atomic E-state index is 12.5. The SMILES string of the molecule is CC1CNCCN1c1ccc(C(F)(F)F)cc1Cl. The fourth-order valence-electron chi connectivity index (χ4n) is 2.12. The van der Waals surface area contributed by atoms with E-state index in [0.29, 0.717) is 5.69 Å². The minimum atomic E-state index is -4.35. The van der Waals surface area contributed by atoms with Crippen molar-refractivity contribution in [3.05, 3.63) is 28.8 Å². The topological polar surface area (TPSA) is 15.3 Å². The fourth-order valence-corrected chi connectivity index (χ4v) is 2.40. The summed E-state index contributed by atoms with van der Waals surface area (Å²) < 4.78 is 37.6. The molecular formula is C12H14ClF3N2. The molecule has 1 aliphatic heterocycles. The minimum Gasteiger partial charge on any atom is -0.365 e. The summed E-state index contributed by atoms with van der Waals surface area (Å²) in [7, 11) is 0. The number of nitrogens with zero attached hydrogens (tertiary/aromatic N) is 1. The smallest absolute Gasteiger partial charge is 0.365 e. The van der Waals surface area contributed by atoms with Gasteiger partial charge in [-0.3, -0.25) is 0 Å². The van der Waals surface area contributed by atoms with Gasteiger partial charge in [-0.25, -0.2) is 0 Å². The molecular weight excluding hydrogens is 265 g/mol. The zero-order valence-corrected chi connectivity index (χ0v) is 10.6. The van der Waals surface area contributed by atoms with Gasteiger partial charge in [0.15, 0.2) is 0 Å². The Labute approximate surface area is 109 Å². The Kier molecular flexibility index (Phi) is 3.73. The van der Waals surface area contributed by atoms with Crippen LogP contribution in [0.1, 0.15) is 12.5 Å². The van der Waals surface area contributed by atoms with Gasteiger partial charge in [0, 0.05) is 25.7 Å². The summed E-state index contributed by atoms with van der Waals surface area (Å²) in [6.45, 7) is 4.37. The second kappa shape index (κ2) is 4.97. The molecule has 0 aromatic heterocycles. The molecule has 1 N–H and O–H groups in total. The van der Waals surface area contributed by atoms with E-state index in [1.54, 1.807) is 0 Å². The van der Waals surface area contributed by atoms with E-state index >= 15 is 0 Å². The van der Waals surface area contributed by atoms with E-state index in [1.165, 1.54) is 6.07 Å². The highest BCUT2D eigenvalue weighted by atomic mass is 35.5. The third-order valence-corrected chi connectivity index (χ3v) is 3.39. The highest BCUT2D eigenvalue weighted by Crippen LogP contribution is 2.35. The van der Waals surface area contributed by atoms with Gasteiger partial charge >= 0.3 is 6.18 Å². The van der Waals surface area contributed by atoms with Crippen LogP contribution in [0, 0.1) is 0 Å². The van der Waals surface area contributed by atoms with Gasteiger partial charge in [0.1, 0.15) is 0 Å². The molecule has 1 heterocycles. The standard InChI is InChI=1S/C12H14ClF3N2/c1-8-7-17-4-5-18(8)11-3-2-9(6-10(11)13)12(14,15)16/h2-3,6,8,17H,4-5,7H2,1H3. The molecule has 18 heavy (non-hydrogen) atoms. The molecule has 1 saturated heterocycles. The number of nitrogens with one attached hydrogen (secondary N) is 1. The molecule has 1 aromatic rings. The van der Waals surface area contributed by atoms with Crippen molar-refractivity contribution in [3.8, 4) is 0 Å². The Balaban J connectivity index is 2.29. The van der Waals surface area contributed by atoms with E-state index in [-0.39, 0.29) is 11.1 Å². The molecule has 6 heteroatoms. The monoisotopic (exact) mass is 278 g/mol. The van der Waals surface area contributed by atoms with Crippen LogP contribution in [-0.4, -0.2) is 25.7 Å². The molecule has 0 bridgehead atoms. The second-order valence-electron chi connectivity index (χ2n) is 4.41. The van der Waals surface area contributed by atoms with Gasteiger partial charge in [0.05, 0.1) is 16.3 Å². The van der Waals surface area contributed by atoms with Crippen molar-refractivity contribution in [1.82, 2.24) is 5.32 Å². The molecule has 100 valence electrons. The van der Waals surface area contributed by atoms with Crippen LogP contribution in [-0.2, 0) is 6.18 Å². The molecule has 1 atom stereocenters. The Morgan fingerprint density at radius 3 is 2.67 bits per heavy atom. The second-order valence-corrected chi connectivity index (χ2v) is 4.82. The highest BCUT2D eigenvalue weighted by Gasteiger charge is 2.31. The minimum absolute atomic E-state index is 0.151. The zero-order valence-electron chi connectivity index (χ0n) is 9.89. The molecule has 1 aromatic carbocycles. The van der Waals surface area contributed by atoms with E-state index < -0.39 is 11.7 Å². The van der Waals surface area contributed by atoms with E-state index in [1.807, 2.05) is 11.8 Å². The molecule has 1 unspecified atom stereocenters. The lowest BCUT2D eigenvalue weighted by Crippen LogP contribution is -2.50. The van der Waals surface area contributed by atoms with Gasteiger partial charge in [-0.05, 0) is 25.1 Å². The maximum absolute atomic E-state index is 12.5. The van der Waals surface area contributed by atoms with Gasteiger partial charge in [-0.1, -0.05) is 11.6 Å². The first-order valence-electron chi connectivity index (χ1n) is 5.73. The summed E-state index contributed by atoms with van der Waals surface area (Å²) in [5.41, 5.74) is -0.0438. The summed E-state index contributed by atoms with van der Waals surface area (Å²) >= 11 is 5.97. The van der Waals surface area contributed by atoms with Crippen LogP contribution in [0.4, 0.5) is 18.9 Å². The number of piperazine rings is 1. The zero-order chi connectivity index (χ0) is 13.3. The van der Waals surface area contributed by atoms with Crippen molar-refractivity contribution in [2.24, 2.45) is 0 Å². The number of rotatable bonds is 1. The van der Waals surface area contributed by atoms with Crippen LogP contribution in [0.2, 0.25) is 5.02 Å². The molecule has 2 nitrogen and oxygen atoms in total. The van der Waals surface area contributed by atoms with Crippen LogP contribution in [0.3, 0.4) is 0 Å². The van der Waals surface area contributed by atoms with Crippen LogP contribution in [0.25, 0.3) is 0 Å². The largest absolute Gasteiger partial charge is 0.416 e. The average Bonchev–Trinajstić information content (AvgIpc) is 2.29. The average molecular weight is 279 g/mol. The Morgan fingerprint density at radius 1 is 1.39 bits per heavy atom. The molecule has 0 spiro atoms. The van der Waals surface area contributed by atoms with Crippen molar-refractivity contribution in [2.75, 3.05) is 24.5 Å². The quantitative estimate of drug-likeness (QED) is 0.849. The lowest BCUT2D eigenvalue weighted by atomic mass is 10.1. The predicted molar refractivity (Wildman–Crippen MR) is 66.1 cm³/mol. The van der Waals surface area contributed by atoms with Crippen LogP contribution >= 0.6 is 11.6 Å². The van der Waals surface area contributed by atoms with Crippen molar-refractivity contribution in [3.63, 3.8) is 0 Å². The summed E-state index contributed by atoms with van der Waals surface area (Å²) in [6.07, 6.45) is -4.35. The van der Waals surface area contributed by atoms with E-state index in [2.05, 4.69) is 5.32 Å². The Bertz CT molecular complexity index is 434. The lowest BCUT2D eigenvalue weighted by Gasteiger charge is -2.36. The number of benzene rings is 1. The summed E-state index contributed by atoms with van der Waals surface area (Å²) in [5, 5.41) is 3.38. The van der Waals surface area contributed by atoms with Gasteiger partial charge in [0.25, 0.3) is 0 Å². The molecule has 0 saturated carbocycles. The molecule has 0 radical (unpaired) electrons. The Morgan fingerprint density at radius 2 is 2.11 bits per heavy atom. The Hall–Kier alpha value is -0.940. The van der Waals surface area contributed by atoms with Gasteiger partial charge in [0.2, 0.25) is 0 Å². The third-order valence-electron chi connectivity index (χ3n) is 3.09. The molecule has 2 rings (SSSR count). The number of hydrogen-bond acceptors (Lipinski definition) is 2. The fraction of sp³-hybridized carbons (Fsp3) is 0.500. The normalized spacial score (nSPS) is 21.2. The van der Waals surface area contributed by atoms with Crippen molar-refractivity contribution in [1.29, 1.82) is 0 Å². The summed E-state index contributed by atoms with van der Waals surface area (Å²) in [6, 6.07) is 3.74. The molecule has 0 amide bonds. The first-order chi connectivity index (χ1) is 8.39. The number of alkyl halides is 3. The third kappa shape index (κ3) is 2.72. The van der Waals surface area contributed by atoms with E-state index in [4.69, 9.17) is 11.6 Å². The van der Waals surface area contributed by atoms with Gasteiger partial charge in [-0.15, -0.1) is 0 Å². The lowest BCUT2D eigenvalue weighted by molar-refractivity contribution is -0.137. The number of hydrogen-bond donors (Lipinski definition) is 1. The van der Waals surface area contributed by atoms with E-state index in [0.717, 1.165) is 31.8 Å². The summed E-state index contributed by atoms with van der Waals surface area (Å²) in [5.74, 6) is 0. The number of anilines is 1. The molecule has 1 fully saturated rings. The first kappa shape index (κ1) is 13.5. The van der Waals surface area contributed by atoms with Crippen LogP contribution in [0.15, 0.2) is 18.2 Å². The first-order valence-corrected chi connectivity index (χ1v) is 6.11. The van der Waals surface area contributed by atoms with Gasteiger partial charge < -0.3 is 10.2 Å². The van der Waals surface area contributed by atoms with E-state index in [9.17, 15) is 13.2 Å². The van der Waals surface area contributed by atoms with Crippen molar-refractivity contribution >= 4 is 17.3 Å². The molecule has 0 aliphatic carbocycles. The summed E-state index contributed by atoms with van der Waals surface area (Å²) in [4.78, 5) is 2.03. The molecule has 1 aliphatic rings. The van der Waals surface area contributed by atoms with Gasteiger partial charge in [-0.2, -0.15) is 13.2 Å². The van der Waals surface area contributed by atoms with Crippen molar-refractivity contribution < 1.29 is 13.2 Å². The highest BCUT2D eigenvalue weighted by molar-refractivity contribution is 6.33. The predicted octanol–water partition coefficient (Wildman–Crippen LogP) is 3.16. The van der Waals surface area contributed by atoms with Crippen LogP contribution in [0.5, 0.6) is 0 Å². The maximum Gasteiger partial charge on any atom is 0.416 e. The van der Waals surface area contributed by atoms with Crippen molar-refractivity contribution in [2.45, 2.75) is 19.1 Å². The number of halogens is 4.